The maximum Gasteiger partial charge on any atom is 0.359 e. The van der Waals surface area contributed by atoms with E-state index < -0.39 is 5.60 Å². The molecule has 1 atom stereocenters. The van der Waals surface area contributed by atoms with Gasteiger partial charge < -0.3 is 10.5 Å². The molecule has 1 aliphatic rings. The van der Waals surface area contributed by atoms with E-state index in [-0.39, 0.29) is 12.0 Å². The lowest BCUT2D eigenvalue weighted by atomic mass is 9.92. The summed E-state index contributed by atoms with van der Waals surface area (Å²) >= 11 is 0. The van der Waals surface area contributed by atoms with Crippen molar-refractivity contribution in [2.75, 3.05) is 0 Å². The second-order valence-corrected chi connectivity index (χ2v) is 5.47. The van der Waals surface area contributed by atoms with Crippen LogP contribution in [-0.2, 0) is 11.2 Å². The normalized spacial score (nSPS) is 19.9. The molecule has 1 aromatic heterocycles. The second-order valence-electron chi connectivity index (χ2n) is 5.47. The molecule has 0 spiro atoms. The molecule has 17 heavy (non-hydrogen) atoms. The van der Waals surface area contributed by atoms with E-state index in [1.807, 2.05) is 20.8 Å². The Morgan fingerprint density at radius 1 is 1.53 bits per heavy atom. The minimum Gasteiger partial charge on any atom is -0.455 e. The number of aromatic amines is 1. The standard InChI is InChI=1S/C12H19N3O2/c1-12(2,3)17-11(16)10-7-5-4-6-8(13)9(7)14-15-10/h8H,4-6,13H2,1-3H3,(H,14,15). The summed E-state index contributed by atoms with van der Waals surface area (Å²) in [6.45, 7) is 5.53. The van der Waals surface area contributed by atoms with Crippen molar-refractivity contribution in [3.8, 4) is 0 Å². The first kappa shape index (κ1) is 12.1. The Labute approximate surface area is 101 Å². The highest BCUT2D eigenvalue weighted by Gasteiger charge is 2.28. The van der Waals surface area contributed by atoms with Crippen LogP contribution < -0.4 is 5.73 Å². The number of esters is 1. The Balaban J connectivity index is 2.25. The Hall–Kier alpha value is -1.36. The van der Waals surface area contributed by atoms with Gasteiger partial charge in [-0.2, -0.15) is 5.10 Å². The van der Waals surface area contributed by atoms with E-state index >= 15 is 0 Å². The van der Waals surface area contributed by atoms with Gasteiger partial charge in [-0.3, -0.25) is 5.10 Å². The summed E-state index contributed by atoms with van der Waals surface area (Å²) in [6, 6.07) is -0.0394. The maximum absolute atomic E-state index is 12.0. The average molecular weight is 237 g/mol. The number of nitrogens with two attached hydrogens (primary N) is 1. The van der Waals surface area contributed by atoms with E-state index in [2.05, 4.69) is 10.2 Å². The first-order valence-electron chi connectivity index (χ1n) is 5.94. The molecule has 2 rings (SSSR count). The molecule has 1 aliphatic carbocycles. The summed E-state index contributed by atoms with van der Waals surface area (Å²) in [6.07, 6.45) is 2.76. The van der Waals surface area contributed by atoms with Crippen LogP contribution in [0.1, 0.15) is 61.4 Å². The molecule has 0 saturated heterocycles. The van der Waals surface area contributed by atoms with Gasteiger partial charge in [0.1, 0.15) is 5.60 Å². The number of nitrogens with zero attached hydrogens (tertiary/aromatic N) is 1. The van der Waals surface area contributed by atoms with Crippen molar-refractivity contribution in [2.24, 2.45) is 5.73 Å². The fourth-order valence-electron chi connectivity index (χ4n) is 2.08. The minimum absolute atomic E-state index is 0.0394. The van der Waals surface area contributed by atoms with E-state index in [4.69, 9.17) is 10.5 Å². The number of hydrogen-bond acceptors (Lipinski definition) is 4. The van der Waals surface area contributed by atoms with Gasteiger partial charge in [0.15, 0.2) is 5.69 Å². The molecule has 0 amide bonds. The molecule has 0 aliphatic heterocycles. The van der Waals surface area contributed by atoms with Crippen LogP contribution in [0.15, 0.2) is 0 Å². The van der Waals surface area contributed by atoms with Gasteiger partial charge in [-0.25, -0.2) is 4.79 Å². The number of ether oxygens (including phenoxy) is 1. The third kappa shape index (κ3) is 2.49. The van der Waals surface area contributed by atoms with Crippen LogP contribution in [-0.4, -0.2) is 21.8 Å². The molecule has 5 nitrogen and oxygen atoms in total. The molecule has 0 radical (unpaired) electrons. The lowest BCUT2D eigenvalue weighted by Crippen LogP contribution is -2.25. The molecule has 94 valence electrons. The highest BCUT2D eigenvalue weighted by atomic mass is 16.6. The molecule has 0 saturated carbocycles. The van der Waals surface area contributed by atoms with Crippen LogP contribution in [0.4, 0.5) is 0 Å². The third-order valence-corrected chi connectivity index (χ3v) is 2.80. The van der Waals surface area contributed by atoms with E-state index in [9.17, 15) is 4.79 Å². The summed E-state index contributed by atoms with van der Waals surface area (Å²) in [5.41, 5.74) is 7.67. The van der Waals surface area contributed by atoms with Crippen molar-refractivity contribution < 1.29 is 9.53 Å². The van der Waals surface area contributed by atoms with Gasteiger partial charge in [0, 0.05) is 11.6 Å². The number of rotatable bonds is 1. The molecular weight excluding hydrogens is 218 g/mol. The number of H-pyrrole nitrogens is 1. The Morgan fingerprint density at radius 2 is 2.24 bits per heavy atom. The van der Waals surface area contributed by atoms with Crippen LogP contribution in [0.5, 0.6) is 0 Å². The Kier molecular flexibility index (Phi) is 2.95. The Bertz CT molecular complexity index is 431. The van der Waals surface area contributed by atoms with Crippen molar-refractivity contribution in [3.05, 3.63) is 17.0 Å². The molecule has 5 heteroatoms. The lowest BCUT2D eigenvalue weighted by Gasteiger charge is -2.20. The summed E-state index contributed by atoms with van der Waals surface area (Å²) in [4.78, 5) is 12.0. The van der Waals surface area contributed by atoms with Crippen LogP contribution >= 0.6 is 0 Å². The number of carbonyl (C=O) groups excluding carboxylic acids is 1. The van der Waals surface area contributed by atoms with Gasteiger partial charge in [-0.1, -0.05) is 0 Å². The monoisotopic (exact) mass is 237 g/mol. The van der Waals surface area contributed by atoms with Crippen molar-refractivity contribution in [1.82, 2.24) is 10.2 Å². The molecule has 1 aromatic rings. The van der Waals surface area contributed by atoms with Crippen molar-refractivity contribution in [3.63, 3.8) is 0 Å². The maximum atomic E-state index is 12.0. The topological polar surface area (TPSA) is 81.0 Å². The van der Waals surface area contributed by atoms with Crippen LogP contribution in [0.2, 0.25) is 0 Å². The molecule has 3 N–H and O–H groups in total. The molecule has 0 fully saturated rings. The summed E-state index contributed by atoms with van der Waals surface area (Å²) in [7, 11) is 0. The molecule has 0 bridgehead atoms. The summed E-state index contributed by atoms with van der Waals surface area (Å²) < 4.78 is 5.32. The Morgan fingerprint density at radius 3 is 2.88 bits per heavy atom. The van der Waals surface area contributed by atoms with E-state index in [0.717, 1.165) is 30.5 Å². The first-order valence-corrected chi connectivity index (χ1v) is 5.94. The van der Waals surface area contributed by atoms with E-state index in [1.165, 1.54) is 0 Å². The van der Waals surface area contributed by atoms with Gasteiger partial charge in [0.25, 0.3) is 0 Å². The van der Waals surface area contributed by atoms with Crippen molar-refractivity contribution in [2.45, 2.75) is 51.7 Å². The fourth-order valence-corrected chi connectivity index (χ4v) is 2.08. The van der Waals surface area contributed by atoms with Gasteiger partial charge in [0.2, 0.25) is 0 Å². The van der Waals surface area contributed by atoms with Gasteiger partial charge >= 0.3 is 5.97 Å². The van der Waals surface area contributed by atoms with Crippen LogP contribution in [0.3, 0.4) is 0 Å². The number of fused-ring (bicyclic) bond motifs is 1. The average Bonchev–Trinajstić information content (AvgIpc) is 2.60. The molecular formula is C12H19N3O2. The SMILES string of the molecule is CC(C)(C)OC(=O)c1n[nH]c2c1CCCC2N. The molecule has 1 heterocycles. The molecule has 1 unspecified atom stereocenters. The van der Waals surface area contributed by atoms with Gasteiger partial charge in [-0.15, -0.1) is 0 Å². The van der Waals surface area contributed by atoms with Gasteiger partial charge in [0.05, 0.1) is 5.69 Å². The zero-order chi connectivity index (χ0) is 12.6. The quantitative estimate of drug-likeness (QED) is 0.728. The number of hydrogen-bond donors (Lipinski definition) is 2. The zero-order valence-electron chi connectivity index (χ0n) is 10.5. The number of carbonyl (C=O) groups is 1. The zero-order valence-corrected chi connectivity index (χ0v) is 10.5. The number of aromatic nitrogens is 2. The lowest BCUT2D eigenvalue weighted by molar-refractivity contribution is 0.00615. The summed E-state index contributed by atoms with van der Waals surface area (Å²) in [5, 5.41) is 6.92. The fraction of sp³-hybridized carbons (Fsp3) is 0.667. The molecule has 0 aromatic carbocycles. The first-order chi connectivity index (χ1) is 7.88. The van der Waals surface area contributed by atoms with E-state index in [1.54, 1.807) is 0 Å². The van der Waals surface area contributed by atoms with Crippen molar-refractivity contribution >= 4 is 5.97 Å². The van der Waals surface area contributed by atoms with Crippen molar-refractivity contribution in [1.29, 1.82) is 0 Å². The van der Waals surface area contributed by atoms with Crippen LogP contribution in [0, 0.1) is 0 Å². The van der Waals surface area contributed by atoms with Gasteiger partial charge in [-0.05, 0) is 40.0 Å². The number of nitrogens with one attached hydrogen (secondary N) is 1. The highest BCUT2D eigenvalue weighted by molar-refractivity contribution is 5.89. The third-order valence-electron chi connectivity index (χ3n) is 2.80. The summed E-state index contributed by atoms with van der Waals surface area (Å²) in [5.74, 6) is -0.371. The minimum atomic E-state index is -0.500. The van der Waals surface area contributed by atoms with E-state index in [0.29, 0.717) is 5.69 Å². The van der Waals surface area contributed by atoms with Crippen LogP contribution in [0.25, 0.3) is 0 Å². The highest BCUT2D eigenvalue weighted by Crippen LogP contribution is 2.29. The second kappa shape index (κ2) is 4.14. The smallest absolute Gasteiger partial charge is 0.359 e. The predicted octanol–water partition coefficient (Wildman–Crippen LogP) is 1.70. The largest absolute Gasteiger partial charge is 0.455 e. The predicted molar refractivity (Wildman–Crippen MR) is 63.6 cm³/mol.